The number of H-pyrrole nitrogens is 1. The molecule has 0 spiro atoms. The van der Waals surface area contributed by atoms with Gasteiger partial charge < -0.3 is 10.6 Å². The SMILES string of the molecule is CC(C)NCCCC(=O)Nc1cc(C(C)C)[nH]n1. The Labute approximate surface area is 109 Å². The number of nitrogens with one attached hydrogen (secondary N) is 3. The summed E-state index contributed by atoms with van der Waals surface area (Å²) in [7, 11) is 0. The predicted octanol–water partition coefficient (Wildman–Crippen LogP) is 2.25. The highest BCUT2D eigenvalue weighted by Crippen LogP contribution is 2.14. The summed E-state index contributed by atoms with van der Waals surface area (Å²) in [6, 6.07) is 2.35. The van der Waals surface area contributed by atoms with Gasteiger partial charge in [-0.3, -0.25) is 9.89 Å². The molecule has 1 heterocycles. The normalized spacial score (nSPS) is 11.2. The summed E-state index contributed by atoms with van der Waals surface area (Å²) in [5.41, 5.74) is 1.03. The molecular formula is C13H24N4O. The highest BCUT2D eigenvalue weighted by Gasteiger charge is 2.07. The molecule has 0 unspecified atom stereocenters. The molecule has 0 fully saturated rings. The van der Waals surface area contributed by atoms with E-state index >= 15 is 0 Å². The first kappa shape index (κ1) is 14.7. The van der Waals surface area contributed by atoms with Crippen molar-refractivity contribution in [1.29, 1.82) is 0 Å². The van der Waals surface area contributed by atoms with Crippen LogP contribution >= 0.6 is 0 Å². The molecular weight excluding hydrogens is 228 g/mol. The average molecular weight is 252 g/mol. The number of hydrogen-bond acceptors (Lipinski definition) is 3. The molecule has 0 atom stereocenters. The third-order valence-electron chi connectivity index (χ3n) is 2.62. The number of amides is 1. The fourth-order valence-electron chi connectivity index (χ4n) is 1.54. The summed E-state index contributed by atoms with van der Waals surface area (Å²) < 4.78 is 0. The van der Waals surface area contributed by atoms with Crippen LogP contribution in [0.3, 0.4) is 0 Å². The van der Waals surface area contributed by atoms with Crippen molar-refractivity contribution >= 4 is 11.7 Å². The van der Waals surface area contributed by atoms with Crippen LogP contribution in [0.25, 0.3) is 0 Å². The van der Waals surface area contributed by atoms with E-state index in [1.165, 1.54) is 0 Å². The van der Waals surface area contributed by atoms with Crippen LogP contribution in [0.15, 0.2) is 6.07 Å². The topological polar surface area (TPSA) is 69.8 Å². The van der Waals surface area contributed by atoms with Gasteiger partial charge in [-0.1, -0.05) is 27.7 Å². The second-order valence-corrected chi connectivity index (χ2v) is 5.12. The Morgan fingerprint density at radius 1 is 1.39 bits per heavy atom. The van der Waals surface area contributed by atoms with Gasteiger partial charge in [0, 0.05) is 24.2 Å². The van der Waals surface area contributed by atoms with Crippen LogP contribution in [0, 0.1) is 0 Å². The van der Waals surface area contributed by atoms with Crippen molar-refractivity contribution in [3.8, 4) is 0 Å². The lowest BCUT2D eigenvalue weighted by molar-refractivity contribution is -0.116. The second-order valence-electron chi connectivity index (χ2n) is 5.12. The molecule has 1 amide bonds. The molecule has 0 aromatic carbocycles. The van der Waals surface area contributed by atoms with Gasteiger partial charge in [-0.05, 0) is 18.9 Å². The lowest BCUT2D eigenvalue weighted by Gasteiger charge is -2.07. The molecule has 1 aromatic rings. The zero-order chi connectivity index (χ0) is 13.5. The van der Waals surface area contributed by atoms with Crippen LogP contribution in [-0.2, 0) is 4.79 Å². The van der Waals surface area contributed by atoms with Crippen molar-refractivity contribution in [1.82, 2.24) is 15.5 Å². The maximum absolute atomic E-state index is 11.6. The summed E-state index contributed by atoms with van der Waals surface area (Å²) in [5.74, 6) is 1.02. The number of carbonyl (C=O) groups is 1. The molecule has 0 aliphatic rings. The molecule has 1 aromatic heterocycles. The minimum absolute atomic E-state index is 0.0161. The Balaban J connectivity index is 2.26. The van der Waals surface area contributed by atoms with E-state index in [0.29, 0.717) is 24.2 Å². The van der Waals surface area contributed by atoms with Crippen LogP contribution in [0.4, 0.5) is 5.82 Å². The standard InChI is InChI=1S/C13H24N4O/c1-9(2)11-8-12(17-16-11)15-13(18)6-5-7-14-10(3)4/h8-10,14H,5-7H2,1-4H3,(H2,15,16,17,18). The third kappa shape index (κ3) is 5.31. The van der Waals surface area contributed by atoms with Gasteiger partial charge in [-0.2, -0.15) is 5.10 Å². The molecule has 5 nitrogen and oxygen atoms in total. The van der Waals surface area contributed by atoms with E-state index in [4.69, 9.17) is 0 Å². The molecule has 0 radical (unpaired) electrons. The molecule has 102 valence electrons. The smallest absolute Gasteiger partial charge is 0.225 e. The van der Waals surface area contributed by atoms with Crippen LogP contribution in [0.1, 0.15) is 52.1 Å². The van der Waals surface area contributed by atoms with E-state index in [9.17, 15) is 4.79 Å². The highest BCUT2D eigenvalue weighted by molar-refractivity contribution is 5.89. The zero-order valence-corrected chi connectivity index (χ0v) is 11.7. The number of aromatic amines is 1. The maximum atomic E-state index is 11.6. The predicted molar refractivity (Wildman–Crippen MR) is 73.7 cm³/mol. The molecule has 0 bridgehead atoms. The molecule has 0 saturated carbocycles. The first-order chi connectivity index (χ1) is 8.49. The van der Waals surface area contributed by atoms with E-state index < -0.39 is 0 Å². The summed E-state index contributed by atoms with van der Waals surface area (Å²) in [6.45, 7) is 9.21. The van der Waals surface area contributed by atoms with E-state index in [2.05, 4.69) is 48.5 Å². The lowest BCUT2D eigenvalue weighted by Crippen LogP contribution is -2.24. The van der Waals surface area contributed by atoms with Crippen molar-refractivity contribution in [2.24, 2.45) is 0 Å². The lowest BCUT2D eigenvalue weighted by atomic mass is 10.1. The zero-order valence-electron chi connectivity index (χ0n) is 11.7. The largest absolute Gasteiger partial charge is 0.315 e. The maximum Gasteiger partial charge on any atom is 0.225 e. The quantitative estimate of drug-likeness (QED) is 0.652. The van der Waals surface area contributed by atoms with E-state index in [-0.39, 0.29) is 5.91 Å². The summed E-state index contributed by atoms with van der Waals surface area (Å²) in [4.78, 5) is 11.6. The molecule has 0 aliphatic carbocycles. The van der Waals surface area contributed by atoms with Gasteiger partial charge in [0.2, 0.25) is 5.91 Å². The first-order valence-corrected chi connectivity index (χ1v) is 6.57. The number of carbonyl (C=O) groups excluding carboxylic acids is 1. The Bertz CT molecular complexity index is 371. The number of nitrogens with zero attached hydrogens (tertiary/aromatic N) is 1. The first-order valence-electron chi connectivity index (χ1n) is 6.57. The van der Waals surface area contributed by atoms with E-state index in [1.807, 2.05) is 6.07 Å². The minimum Gasteiger partial charge on any atom is -0.315 e. The Kier molecular flexibility index (Phi) is 5.85. The third-order valence-corrected chi connectivity index (χ3v) is 2.62. The van der Waals surface area contributed by atoms with E-state index in [1.54, 1.807) is 0 Å². The fourth-order valence-corrected chi connectivity index (χ4v) is 1.54. The van der Waals surface area contributed by atoms with Crippen molar-refractivity contribution in [3.63, 3.8) is 0 Å². The average Bonchev–Trinajstić information content (AvgIpc) is 2.72. The molecule has 1 rings (SSSR count). The van der Waals surface area contributed by atoms with Crippen LogP contribution < -0.4 is 10.6 Å². The summed E-state index contributed by atoms with van der Waals surface area (Å²) in [6.07, 6.45) is 1.36. The van der Waals surface area contributed by atoms with Crippen LogP contribution in [0.5, 0.6) is 0 Å². The fraction of sp³-hybridized carbons (Fsp3) is 0.692. The highest BCUT2D eigenvalue weighted by atomic mass is 16.1. The molecule has 0 aliphatic heterocycles. The van der Waals surface area contributed by atoms with Crippen LogP contribution in [-0.4, -0.2) is 28.7 Å². The monoisotopic (exact) mass is 252 g/mol. The van der Waals surface area contributed by atoms with Gasteiger partial charge in [-0.15, -0.1) is 0 Å². The van der Waals surface area contributed by atoms with Crippen LogP contribution in [0.2, 0.25) is 0 Å². The number of hydrogen-bond donors (Lipinski definition) is 3. The Hall–Kier alpha value is -1.36. The molecule has 5 heteroatoms. The van der Waals surface area contributed by atoms with Gasteiger partial charge in [0.1, 0.15) is 0 Å². The number of anilines is 1. The van der Waals surface area contributed by atoms with Gasteiger partial charge in [-0.25, -0.2) is 0 Å². The van der Waals surface area contributed by atoms with Crippen molar-refractivity contribution in [2.75, 3.05) is 11.9 Å². The van der Waals surface area contributed by atoms with Gasteiger partial charge in [0.25, 0.3) is 0 Å². The summed E-state index contributed by atoms with van der Waals surface area (Å²) in [5, 5.41) is 13.1. The van der Waals surface area contributed by atoms with E-state index in [0.717, 1.165) is 18.7 Å². The van der Waals surface area contributed by atoms with Gasteiger partial charge >= 0.3 is 0 Å². The van der Waals surface area contributed by atoms with Crippen molar-refractivity contribution in [3.05, 3.63) is 11.8 Å². The molecule has 3 N–H and O–H groups in total. The van der Waals surface area contributed by atoms with Crippen molar-refractivity contribution in [2.45, 2.75) is 52.5 Å². The molecule has 0 saturated heterocycles. The number of aromatic nitrogens is 2. The number of rotatable bonds is 7. The Morgan fingerprint density at radius 3 is 2.67 bits per heavy atom. The molecule has 18 heavy (non-hydrogen) atoms. The van der Waals surface area contributed by atoms with Gasteiger partial charge in [0.15, 0.2) is 5.82 Å². The Morgan fingerprint density at radius 2 is 2.11 bits per heavy atom. The summed E-state index contributed by atoms with van der Waals surface area (Å²) >= 11 is 0. The minimum atomic E-state index is 0.0161. The second kappa shape index (κ2) is 7.16. The van der Waals surface area contributed by atoms with Gasteiger partial charge in [0.05, 0.1) is 0 Å². The van der Waals surface area contributed by atoms with Crippen molar-refractivity contribution < 1.29 is 4.79 Å².